The Hall–Kier alpha value is -5.21. The molecule has 3 aromatic rings. The lowest BCUT2D eigenvalue weighted by atomic mass is 10.0. The fourth-order valence-corrected chi connectivity index (χ4v) is 3.02. The van der Waals surface area contributed by atoms with Gasteiger partial charge in [0.2, 0.25) is 0 Å². The lowest BCUT2D eigenvalue weighted by Crippen LogP contribution is -2.55. The molecule has 14 nitrogen and oxygen atoms in total. The summed E-state index contributed by atoms with van der Waals surface area (Å²) < 4.78 is 10.3. The zero-order valence-electron chi connectivity index (χ0n) is 19.3. The van der Waals surface area contributed by atoms with E-state index in [1.54, 1.807) is 24.3 Å². The molecular formula is C23H22N6O8+2. The van der Waals surface area contributed by atoms with Gasteiger partial charge in [-0.05, 0) is 54.6 Å². The topological polar surface area (TPSA) is 219 Å². The van der Waals surface area contributed by atoms with E-state index in [9.17, 15) is 29.8 Å². The van der Waals surface area contributed by atoms with Gasteiger partial charge in [-0.15, -0.1) is 0 Å². The molecule has 37 heavy (non-hydrogen) atoms. The molecule has 0 heterocycles. The van der Waals surface area contributed by atoms with Gasteiger partial charge in [-0.3, -0.25) is 25.7 Å². The molecule has 0 amide bonds. The van der Waals surface area contributed by atoms with Gasteiger partial charge in [0.25, 0.3) is 5.69 Å². The first-order valence-electron chi connectivity index (χ1n) is 10.7. The van der Waals surface area contributed by atoms with Gasteiger partial charge in [0.1, 0.15) is 17.2 Å². The summed E-state index contributed by atoms with van der Waals surface area (Å²) in [4.78, 5) is 44.0. The summed E-state index contributed by atoms with van der Waals surface area (Å²) in [6.45, 7) is -0.0885. The first-order chi connectivity index (χ1) is 17.7. The number of carbonyl (C=O) groups excluding carboxylic acids is 2. The number of hydrogen-bond donors (Lipinski definition) is 3. The number of hydrazone groups is 1. The maximum absolute atomic E-state index is 11.5. The molecule has 190 valence electrons. The number of anilines is 1. The minimum Gasteiger partial charge on any atom is -0.422 e. The molecular weight excluding hydrogens is 488 g/mol. The maximum Gasteiger partial charge on any atom is 0.366 e. The van der Waals surface area contributed by atoms with Crippen molar-refractivity contribution in [3.05, 3.63) is 98.1 Å². The van der Waals surface area contributed by atoms with Crippen LogP contribution in [0.3, 0.4) is 0 Å². The molecule has 0 radical (unpaired) electrons. The number of nitro benzene ring substituents is 2. The van der Waals surface area contributed by atoms with Gasteiger partial charge in [-0.1, -0.05) is 0 Å². The third-order valence-electron chi connectivity index (χ3n) is 4.80. The minimum atomic E-state index is -0.762. The second-order valence-corrected chi connectivity index (χ2v) is 7.28. The number of nitro groups is 2. The Balaban J connectivity index is 2.01. The first kappa shape index (κ1) is 26.4. The predicted octanol–water partition coefficient (Wildman–Crippen LogP) is 0.662. The predicted molar refractivity (Wildman–Crippen MR) is 129 cm³/mol. The molecule has 3 aromatic carbocycles. The number of quaternary nitrogens is 2. The molecule has 0 aliphatic carbocycles. The Morgan fingerprint density at radius 1 is 0.784 bits per heavy atom. The number of nitrogens with zero attached hydrogens (tertiary/aromatic N) is 3. The van der Waals surface area contributed by atoms with Crippen LogP contribution in [0, 0.1) is 20.2 Å². The van der Waals surface area contributed by atoms with Crippen LogP contribution >= 0.6 is 0 Å². The highest BCUT2D eigenvalue weighted by atomic mass is 16.6. The summed E-state index contributed by atoms with van der Waals surface area (Å²) in [5.74, 6) is -0.459. The molecule has 0 saturated heterocycles. The van der Waals surface area contributed by atoms with Crippen LogP contribution in [0.25, 0.3) is 0 Å². The van der Waals surface area contributed by atoms with E-state index in [-0.39, 0.29) is 30.3 Å². The highest BCUT2D eigenvalue weighted by molar-refractivity contribution is 6.13. The van der Waals surface area contributed by atoms with Crippen molar-refractivity contribution in [3.8, 4) is 11.5 Å². The van der Waals surface area contributed by atoms with E-state index in [4.69, 9.17) is 9.47 Å². The molecule has 0 atom stereocenters. The zero-order chi connectivity index (χ0) is 26.9. The van der Waals surface area contributed by atoms with Gasteiger partial charge >= 0.3 is 17.6 Å². The molecule has 0 aliphatic rings. The smallest absolute Gasteiger partial charge is 0.366 e. The fourth-order valence-electron chi connectivity index (χ4n) is 3.02. The van der Waals surface area contributed by atoms with Crippen LogP contribution in [0.15, 0.2) is 71.8 Å². The summed E-state index contributed by atoms with van der Waals surface area (Å²) >= 11 is 0. The standard InChI is InChI=1S/C23H20N6O8/c24-12-21(30)36-17-6-1-14(2-7-17)23(15-3-8-18(9-4-15)37-22(31)13-25)27-26-19-10-5-16(28(32)33)11-20(19)29(34)35/h1-11,26H,12-13,24-25H2/p+2. The van der Waals surface area contributed by atoms with Crippen molar-refractivity contribution in [1.29, 1.82) is 0 Å². The van der Waals surface area contributed by atoms with Crippen LogP contribution < -0.4 is 26.4 Å². The van der Waals surface area contributed by atoms with Crippen molar-refractivity contribution in [2.45, 2.75) is 0 Å². The average Bonchev–Trinajstić information content (AvgIpc) is 2.90. The molecule has 14 heteroatoms. The highest BCUT2D eigenvalue weighted by Gasteiger charge is 2.20. The zero-order valence-corrected chi connectivity index (χ0v) is 19.3. The number of non-ortho nitro benzene ring substituents is 1. The van der Waals surface area contributed by atoms with Crippen LogP contribution in [0.1, 0.15) is 11.1 Å². The number of carbonyl (C=O) groups is 2. The maximum atomic E-state index is 11.5. The molecule has 7 N–H and O–H groups in total. The summed E-state index contributed by atoms with van der Waals surface area (Å²) in [5, 5.41) is 26.8. The summed E-state index contributed by atoms with van der Waals surface area (Å²) in [7, 11) is 0. The lowest BCUT2D eigenvalue weighted by molar-refractivity contribution is -0.393. The van der Waals surface area contributed by atoms with Crippen molar-refractivity contribution < 1.29 is 40.4 Å². The fraction of sp³-hybridized carbons (Fsp3) is 0.0870. The van der Waals surface area contributed by atoms with Gasteiger partial charge < -0.3 is 20.9 Å². The van der Waals surface area contributed by atoms with E-state index in [1.165, 1.54) is 30.3 Å². The molecule has 0 unspecified atom stereocenters. The third kappa shape index (κ3) is 6.91. The van der Waals surface area contributed by atoms with Gasteiger partial charge in [-0.2, -0.15) is 5.10 Å². The Kier molecular flexibility index (Phi) is 8.54. The van der Waals surface area contributed by atoms with Crippen LogP contribution in [-0.4, -0.2) is 40.6 Å². The van der Waals surface area contributed by atoms with Gasteiger partial charge in [0.05, 0.1) is 21.6 Å². The normalized spacial score (nSPS) is 10.2. The van der Waals surface area contributed by atoms with Gasteiger partial charge in [-0.25, -0.2) is 9.59 Å². The SMILES string of the molecule is [NH3+]CC(=O)Oc1ccc(C(=NNc2ccc([N+](=O)[O-])cc2[N+](=O)[O-])c2ccc(OC(=O)C[NH3+])cc2)cc1. The second-order valence-electron chi connectivity index (χ2n) is 7.28. The van der Waals surface area contributed by atoms with Gasteiger partial charge in [0.15, 0.2) is 13.1 Å². The van der Waals surface area contributed by atoms with Crippen LogP contribution in [-0.2, 0) is 9.59 Å². The van der Waals surface area contributed by atoms with Crippen molar-refractivity contribution in [3.63, 3.8) is 0 Å². The van der Waals surface area contributed by atoms with Crippen LogP contribution in [0.5, 0.6) is 11.5 Å². The Labute approximate surface area is 208 Å². The molecule has 0 bridgehead atoms. The number of benzene rings is 3. The molecule has 0 spiro atoms. The quantitative estimate of drug-likeness (QED) is 0.114. The van der Waals surface area contributed by atoms with E-state index in [1.807, 2.05) is 0 Å². The van der Waals surface area contributed by atoms with Crippen molar-refractivity contribution in [1.82, 2.24) is 0 Å². The Morgan fingerprint density at radius 2 is 1.27 bits per heavy atom. The molecule has 0 aliphatic heterocycles. The molecule has 0 saturated carbocycles. The van der Waals surface area contributed by atoms with Gasteiger partial charge in [0, 0.05) is 17.2 Å². The molecule has 3 rings (SSSR count). The van der Waals surface area contributed by atoms with E-state index in [0.717, 1.165) is 12.1 Å². The third-order valence-corrected chi connectivity index (χ3v) is 4.80. The van der Waals surface area contributed by atoms with E-state index >= 15 is 0 Å². The summed E-state index contributed by atoms with van der Waals surface area (Å²) in [6, 6.07) is 15.8. The lowest BCUT2D eigenvalue weighted by Gasteiger charge is -2.11. The first-order valence-corrected chi connectivity index (χ1v) is 10.7. The largest absolute Gasteiger partial charge is 0.422 e. The number of ether oxygens (including phenoxy) is 2. The van der Waals surface area contributed by atoms with Crippen LogP contribution in [0.2, 0.25) is 0 Å². The van der Waals surface area contributed by atoms with E-state index in [2.05, 4.69) is 22.0 Å². The summed E-state index contributed by atoms with van der Waals surface area (Å²) in [5.41, 5.74) is 9.87. The molecule has 0 fully saturated rings. The van der Waals surface area contributed by atoms with Crippen molar-refractivity contribution in [2.24, 2.45) is 5.10 Å². The van der Waals surface area contributed by atoms with E-state index < -0.39 is 33.2 Å². The number of hydrogen-bond acceptors (Lipinski definition) is 10. The second kappa shape index (κ2) is 12.0. The van der Waals surface area contributed by atoms with E-state index in [0.29, 0.717) is 16.8 Å². The summed E-state index contributed by atoms with van der Waals surface area (Å²) in [6.07, 6.45) is 0. The van der Waals surface area contributed by atoms with Crippen molar-refractivity contribution in [2.75, 3.05) is 18.5 Å². The number of rotatable bonds is 10. The minimum absolute atomic E-state index is 0.0442. The Morgan fingerprint density at radius 3 is 1.68 bits per heavy atom. The Bertz CT molecular complexity index is 1290. The van der Waals surface area contributed by atoms with Crippen molar-refractivity contribution >= 4 is 34.7 Å². The monoisotopic (exact) mass is 510 g/mol. The average molecular weight is 510 g/mol. The molecule has 0 aromatic heterocycles. The number of nitrogens with one attached hydrogen (secondary N) is 1. The van der Waals surface area contributed by atoms with Crippen LogP contribution in [0.4, 0.5) is 17.1 Å². The highest BCUT2D eigenvalue weighted by Crippen LogP contribution is 2.29. The number of esters is 2.